The zero-order chi connectivity index (χ0) is 17.0. The van der Waals surface area contributed by atoms with E-state index in [0.29, 0.717) is 20.9 Å². The normalized spacial score (nSPS) is 10.4. The quantitative estimate of drug-likeness (QED) is 0.501. The Balaban J connectivity index is 1.96. The van der Waals surface area contributed by atoms with Crippen LogP contribution in [0.5, 0.6) is 0 Å². The first-order valence-electron chi connectivity index (χ1n) is 6.69. The third-order valence-electron chi connectivity index (χ3n) is 2.71. The molecule has 7 nitrogen and oxygen atoms in total. The summed E-state index contributed by atoms with van der Waals surface area (Å²) in [5.74, 6) is -0.531. The van der Waals surface area contributed by atoms with Crippen molar-refractivity contribution in [2.24, 2.45) is 0 Å². The number of thioether (sulfide) groups is 1. The molecular weight excluding hydrogens is 336 g/mol. The minimum atomic E-state index is -0.460. The van der Waals surface area contributed by atoms with Gasteiger partial charge >= 0.3 is 5.97 Å². The molecule has 0 saturated carbocycles. The first-order valence-corrected chi connectivity index (χ1v) is 8.50. The van der Waals surface area contributed by atoms with Gasteiger partial charge in [0.1, 0.15) is 4.88 Å². The molecule has 0 fully saturated rings. The monoisotopic (exact) mass is 352 g/mol. The third kappa shape index (κ3) is 4.73. The van der Waals surface area contributed by atoms with E-state index in [1.54, 1.807) is 6.92 Å². The molecule has 0 saturated heterocycles. The fraction of sp³-hybridized carbons (Fsp3) is 0.357. The van der Waals surface area contributed by atoms with Crippen LogP contribution in [0.2, 0.25) is 0 Å². The molecule has 0 aliphatic rings. The van der Waals surface area contributed by atoms with Gasteiger partial charge in [-0.05, 0) is 26.8 Å². The van der Waals surface area contributed by atoms with Crippen LogP contribution in [-0.2, 0) is 9.53 Å². The van der Waals surface area contributed by atoms with Gasteiger partial charge in [0.05, 0.1) is 18.6 Å². The van der Waals surface area contributed by atoms with Crippen LogP contribution >= 0.6 is 23.1 Å². The number of aryl methyl sites for hydroxylation is 3. The largest absolute Gasteiger partial charge is 0.465 e. The van der Waals surface area contributed by atoms with E-state index in [-0.39, 0.29) is 11.7 Å². The maximum absolute atomic E-state index is 12.0. The number of carbonyl (C=O) groups excluding carboxylic acids is 2. The standard InChI is InChI=1S/C14H16N4O3S2/c1-7-5-8(2)16-13(15-7)22-6-10(19)18-14-17-9(3)11(23-14)12(20)21-4/h5H,6H2,1-4H3,(H,17,18,19). The van der Waals surface area contributed by atoms with Crippen LogP contribution in [0.25, 0.3) is 0 Å². The summed E-state index contributed by atoms with van der Waals surface area (Å²) in [6, 6.07) is 1.87. The van der Waals surface area contributed by atoms with Crippen molar-refractivity contribution in [3.63, 3.8) is 0 Å². The minimum absolute atomic E-state index is 0.162. The van der Waals surface area contributed by atoms with Crippen molar-refractivity contribution >= 4 is 40.1 Å². The highest BCUT2D eigenvalue weighted by Crippen LogP contribution is 2.23. The van der Waals surface area contributed by atoms with Crippen LogP contribution in [-0.4, -0.2) is 39.7 Å². The van der Waals surface area contributed by atoms with Crippen LogP contribution in [0.4, 0.5) is 5.13 Å². The molecule has 0 bridgehead atoms. The number of nitrogens with one attached hydrogen (secondary N) is 1. The van der Waals surface area contributed by atoms with Gasteiger partial charge in [-0.15, -0.1) is 0 Å². The molecule has 1 N–H and O–H groups in total. The molecule has 122 valence electrons. The third-order valence-corrected chi connectivity index (χ3v) is 4.61. The summed E-state index contributed by atoms with van der Waals surface area (Å²) in [4.78, 5) is 36.6. The van der Waals surface area contributed by atoms with E-state index in [4.69, 9.17) is 0 Å². The summed E-state index contributed by atoms with van der Waals surface area (Å²) < 4.78 is 4.66. The van der Waals surface area contributed by atoms with E-state index in [9.17, 15) is 9.59 Å². The van der Waals surface area contributed by atoms with Crippen molar-refractivity contribution in [1.29, 1.82) is 0 Å². The van der Waals surface area contributed by atoms with Gasteiger partial charge < -0.3 is 10.1 Å². The number of hydrogen-bond donors (Lipinski definition) is 1. The summed E-state index contributed by atoms with van der Waals surface area (Å²) >= 11 is 2.34. The lowest BCUT2D eigenvalue weighted by molar-refractivity contribution is -0.113. The Morgan fingerprint density at radius 3 is 2.48 bits per heavy atom. The average Bonchev–Trinajstić information content (AvgIpc) is 2.84. The van der Waals surface area contributed by atoms with Crippen molar-refractivity contribution < 1.29 is 14.3 Å². The zero-order valence-electron chi connectivity index (χ0n) is 13.2. The number of rotatable bonds is 5. The van der Waals surface area contributed by atoms with Crippen molar-refractivity contribution in [3.8, 4) is 0 Å². The summed E-state index contributed by atoms with van der Waals surface area (Å²) in [5.41, 5.74) is 2.25. The number of amides is 1. The highest BCUT2D eigenvalue weighted by atomic mass is 32.2. The fourth-order valence-corrected chi connectivity index (χ4v) is 3.43. The molecule has 9 heteroatoms. The molecule has 0 unspecified atom stereocenters. The predicted molar refractivity (Wildman–Crippen MR) is 89.1 cm³/mol. The van der Waals surface area contributed by atoms with Crippen molar-refractivity contribution in [2.45, 2.75) is 25.9 Å². The van der Waals surface area contributed by atoms with Crippen LogP contribution in [0.15, 0.2) is 11.2 Å². The molecule has 2 aromatic rings. The molecule has 0 aliphatic heterocycles. The van der Waals surface area contributed by atoms with E-state index >= 15 is 0 Å². The average molecular weight is 352 g/mol. The smallest absolute Gasteiger partial charge is 0.350 e. The molecule has 0 aliphatic carbocycles. The Morgan fingerprint density at radius 1 is 1.22 bits per heavy atom. The first-order chi connectivity index (χ1) is 10.9. The van der Waals surface area contributed by atoms with Gasteiger partial charge in [0.25, 0.3) is 0 Å². The van der Waals surface area contributed by atoms with E-state index in [1.807, 2.05) is 19.9 Å². The number of anilines is 1. The number of hydrogen-bond acceptors (Lipinski definition) is 8. The van der Waals surface area contributed by atoms with Gasteiger partial charge in [0.2, 0.25) is 5.91 Å². The topological polar surface area (TPSA) is 94.1 Å². The highest BCUT2D eigenvalue weighted by Gasteiger charge is 2.17. The van der Waals surface area contributed by atoms with E-state index in [2.05, 4.69) is 25.0 Å². The Labute approximate surface area is 141 Å². The second kappa shape index (κ2) is 7.51. The number of ether oxygens (including phenoxy) is 1. The van der Waals surface area contributed by atoms with Crippen molar-refractivity contribution in [1.82, 2.24) is 15.0 Å². The van der Waals surface area contributed by atoms with Gasteiger partial charge in [-0.3, -0.25) is 4.79 Å². The summed E-state index contributed by atoms with van der Waals surface area (Å²) in [7, 11) is 1.31. The van der Waals surface area contributed by atoms with Crippen LogP contribution in [0.3, 0.4) is 0 Å². The van der Waals surface area contributed by atoms with Gasteiger partial charge in [0.15, 0.2) is 10.3 Å². The predicted octanol–water partition coefficient (Wildman–Crippen LogP) is 2.38. The molecule has 0 atom stereocenters. The van der Waals surface area contributed by atoms with E-state index in [1.165, 1.54) is 18.9 Å². The molecule has 2 aromatic heterocycles. The Hall–Kier alpha value is -2.00. The number of carbonyl (C=O) groups is 2. The number of methoxy groups -OCH3 is 1. The van der Waals surface area contributed by atoms with Gasteiger partial charge in [-0.25, -0.2) is 19.7 Å². The number of esters is 1. The minimum Gasteiger partial charge on any atom is -0.465 e. The van der Waals surface area contributed by atoms with Crippen LogP contribution in [0, 0.1) is 20.8 Å². The van der Waals surface area contributed by atoms with Gasteiger partial charge in [-0.2, -0.15) is 0 Å². The Bertz CT molecular complexity index is 725. The Kier molecular flexibility index (Phi) is 5.67. The van der Waals surface area contributed by atoms with Crippen molar-refractivity contribution in [3.05, 3.63) is 28.0 Å². The first kappa shape index (κ1) is 17.4. The molecule has 2 rings (SSSR count). The number of nitrogens with zero attached hydrogens (tertiary/aromatic N) is 3. The molecule has 0 spiro atoms. The molecule has 1 amide bonds. The van der Waals surface area contributed by atoms with Gasteiger partial charge in [-0.1, -0.05) is 23.1 Å². The SMILES string of the molecule is COC(=O)c1sc(NC(=O)CSc2nc(C)cc(C)n2)nc1C. The summed E-state index contributed by atoms with van der Waals surface area (Å²) in [6.45, 7) is 5.45. The van der Waals surface area contributed by atoms with Crippen LogP contribution in [0.1, 0.15) is 26.8 Å². The summed E-state index contributed by atoms with van der Waals surface area (Å²) in [5, 5.41) is 3.59. The highest BCUT2D eigenvalue weighted by molar-refractivity contribution is 7.99. The molecule has 2 heterocycles. The zero-order valence-corrected chi connectivity index (χ0v) is 14.8. The van der Waals surface area contributed by atoms with Crippen LogP contribution < -0.4 is 5.32 Å². The van der Waals surface area contributed by atoms with Gasteiger partial charge in [0, 0.05) is 11.4 Å². The second-order valence-corrected chi connectivity index (χ2v) is 6.64. The summed E-state index contributed by atoms with van der Waals surface area (Å²) in [6.07, 6.45) is 0. The maximum Gasteiger partial charge on any atom is 0.350 e. The molecule has 0 aromatic carbocycles. The van der Waals surface area contributed by atoms with E-state index in [0.717, 1.165) is 22.7 Å². The maximum atomic E-state index is 12.0. The number of aromatic nitrogens is 3. The fourth-order valence-electron chi connectivity index (χ4n) is 1.78. The number of thiazole rings is 1. The van der Waals surface area contributed by atoms with Crippen molar-refractivity contribution in [2.75, 3.05) is 18.2 Å². The lowest BCUT2D eigenvalue weighted by atomic mass is 10.4. The molecule has 23 heavy (non-hydrogen) atoms. The van der Waals surface area contributed by atoms with E-state index < -0.39 is 5.97 Å². The molecular formula is C14H16N4O3S2. The lowest BCUT2D eigenvalue weighted by Crippen LogP contribution is -2.14. The second-order valence-electron chi connectivity index (χ2n) is 4.70. The molecule has 0 radical (unpaired) electrons. The lowest BCUT2D eigenvalue weighted by Gasteiger charge is -2.03. The Morgan fingerprint density at radius 2 is 1.87 bits per heavy atom.